The Balaban J connectivity index is 0.000000293. The predicted molar refractivity (Wildman–Crippen MR) is 66.9 cm³/mol. The van der Waals surface area contributed by atoms with Gasteiger partial charge in [0.1, 0.15) is 6.61 Å². The maximum absolute atomic E-state index is 9.71. The molecular formula is C13H19NO2. The molecule has 88 valence electrons. The van der Waals surface area contributed by atoms with Crippen molar-refractivity contribution in [1.29, 1.82) is 0 Å². The zero-order chi connectivity index (χ0) is 12.4. The molecule has 2 N–H and O–H groups in total. The van der Waals surface area contributed by atoms with E-state index < -0.39 is 6.09 Å². The number of rotatable bonds is 3. The summed E-state index contributed by atoms with van der Waals surface area (Å²) >= 11 is 0. The lowest BCUT2D eigenvalue weighted by Crippen LogP contribution is -2.12. The summed E-state index contributed by atoms with van der Waals surface area (Å²) in [5.74, 6) is 0. The van der Waals surface area contributed by atoms with Crippen molar-refractivity contribution in [2.24, 2.45) is 11.1 Å². The van der Waals surface area contributed by atoms with Gasteiger partial charge in [-0.2, -0.15) is 0 Å². The van der Waals surface area contributed by atoms with Crippen LogP contribution >= 0.6 is 0 Å². The zero-order valence-corrected chi connectivity index (χ0v) is 9.69. The first-order valence-electron chi connectivity index (χ1n) is 5.05. The number of hydrogen-bond donors (Lipinski definition) is 1. The summed E-state index contributed by atoms with van der Waals surface area (Å²) in [7, 11) is 0. The third-order valence-electron chi connectivity index (χ3n) is 2.09. The van der Waals surface area contributed by atoms with Gasteiger partial charge in [0.05, 0.1) is 0 Å². The van der Waals surface area contributed by atoms with Crippen molar-refractivity contribution < 1.29 is 9.53 Å². The minimum Gasteiger partial charge on any atom is -0.445 e. The third kappa shape index (κ3) is 6.65. The van der Waals surface area contributed by atoms with E-state index in [9.17, 15) is 4.79 Å². The van der Waals surface area contributed by atoms with Gasteiger partial charge in [0.25, 0.3) is 0 Å². The molecule has 1 aliphatic carbocycles. The smallest absolute Gasteiger partial charge is 0.404 e. The molecule has 1 amide bonds. The Labute approximate surface area is 97.0 Å². The van der Waals surface area contributed by atoms with Gasteiger partial charge in [0, 0.05) is 5.41 Å². The standard InChI is InChI=1S/C9H12.C4H7NO2/c1-3-9(2)7-5-4-6-8-9;1-2-3-7-4(5)6/h3-7H,1,8H2,2H3;2H,1,3H2,(H2,5,6). The van der Waals surface area contributed by atoms with Crippen LogP contribution in [0.4, 0.5) is 4.79 Å². The first-order valence-corrected chi connectivity index (χ1v) is 5.05. The number of carbonyl (C=O) groups excluding carboxylic acids is 1. The Hall–Kier alpha value is -1.77. The van der Waals surface area contributed by atoms with E-state index in [-0.39, 0.29) is 12.0 Å². The summed E-state index contributed by atoms with van der Waals surface area (Å²) in [5, 5.41) is 0. The van der Waals surface area contributed by atoms with Crippen molar-refractivity contribution in [3.05, 3.63) is 49.6 Å². The highest BCUT2D eigenvalue weighted by Gasteiger charge is 2.14. The Morgan fingerprint density at radius 3 is 2.50 bits per heavy atom. The molecule has 0 saturated heterocycles. The van der Waals surface area contributed by atoms with E-state index in [1.807, 2.05) is 6.08 Å². The van der Waals surface area contributed by atoms with Crippen molar-refractivity contribution in [3.8, 4) is 0 Å². The van der Waals surface area contributed by atoms with Gasteiger partial charge in [-0.15, -0.1) is 6.58 Å². The van der Waals surface area contributed by atoms with Crippen LogP contribution in [0.3, 0.4) is 0 Å². The first kappa shape index (κ1) is 14.2. The molecule has 0 radical (unpaired) electrons. The van der Waals surface area contributed by atoms with E-state index in [0.717, 1.165) is 6.42 Å². The van der Waals surface area contributed by atoms with Crippen LogP contribution in [0.5, 0.6) is 0 Å². The molecule has 0 spiro atoms. The van der Waals surface area contributed by atoms with E-state index in [0.29, 0.717) is 0 Å². The van der Waals surface area contributed by atoms with Gasteiger partial charge >= 0.3 is 6.09 Å². The van der Waals surface area contributed by atoms with Gasteiger partial charge in [-0.25, -0.2) is 4.79 Å². The number of ether oxygens (including phenoxy) is 1. The molecule has 0 aliphatic heterocycles. The molecule has 1 rings (SSSR count). The van der Waals surface area contributed by atoms with Crippen molar-refractivity contribution >= 4 is 6.09 Å². The SMILES string of the molecule is C=CC1(C)C=CC=CC1.C=CCOC(N)=O. The molecule has 0 aromatic rings. The number of carbonyl (C=O) groups is 1. The van der Waals surface area contributed by atoms with Gasteiger partial charge in [-0.3, -0.25) is 0 Å². The second kappa shape index (κ2) is 7.51. The van der Waals surface area contributed by atoms with Crippen molar-refractivity contribution in [1.82, 2.24) is 0 Å². The Morgan fingerprint density at radius 1 is 1.56 bits per heavy atom. The Bertz CT molecular complexity index is 305. The van der Waals surface area contributed by atoms with Crippen LogP contribution in [0.2, 0.25) is 0 Å². The number of primary amides is 1. The largest absolute Gasteiger partial charge is 0.445 e. The molecule has 0 aromatic heterocycles. The first-order chi connectivity index (χ1) is 7.54. The highest BCUT2D eigenvalue weighted by Crippen LogP contribution is 2.27. The molecular weight excluding hydrogens is 202 g/mol. The van der Waals surface area contributed by atoms with E-state index in [4.69, 9.17) is 0 Å². The van der Waals surface area contributed by atoms with Gasteiger partial charge < -0.3 is 10.5 Å². The maximum Gasteiger partial charge on any atom is 0.404 e. The minimum absolute atomic E-state index is 0.190. The molecule has 1 aliphatic rings. The van der Waals surface area contributed by atoms with Crippen LogP contribution in [0, 0.1) is 5.41 Å². The van der Waals surface area contributed by atoms with Crippen LogP contribution in [-0.4, -0.2) is 12.7 Å². The van der Waals surface area contributed by atoms with Crippen LogP contribution in [0.1, 0.15) is 13.3 Å². The van der Waals surface area contributed by atoms with Crippen molar-refractivity contribution in [2.45, 2.75) is 13.3 Å². The van der Waals surface area contributed by atoms with Crippen LogP contribution in [0.25, 0.3) is 0 Å². The maximum atomic E-state index is 9.71. The summed E-state index contributed by atoms with van der Waals surface area (Å²) in [5.41, 5.74) is 4.79. The van der Waals surface area contributed by atoms with E-state index in [1.165, 1.54) is 6.08 Å². The summed E-state index contributed by atoms with van der Waals surface area (Å²) in [6.07, 6.45) is 12.3. The van der Waals surface area contributed by atoms with E-state index >= 15 is 0 Å². The number of allylic oxidation sites excluding steroid dienone is 5. The van der Waals surface area contributed by atoms with Crippen LogP contribution in [0.15, 0.2) is 49.6 Å². The molecule has 1 unspecified atom stereocenters. The van der Waals surface area contributed by atoms with Gasteiger partial charge in [0.15, 0.2) is 0 Å². The number of nitrogens with two attached hydrogens (primary N) is 1. The highest BCUT2D eigenvalue weighted by molar-refractivity contribution is 5.64. The topological polar surface area (TPSA) is 52.3 Å². The number of amides is 1. The lowest BCUT2D eigenvalue weighted by atomic mass is 9.84. The van der Waals surface area contributed by atoms with E-state index in [2.05, 4.69) is 54.9 Å². The summed E-state index contributed by atoms with van der Waals surface area (Å²) in [4.78, 5) is 9.71. The lowest BCUT2D eigenvalue weighted by molar-refractivity contribution is 0.169. The molecule has 0 saturated carbocycles. The molecule has 16 heavy (non-hydrogen) atoms. The van der Waals surface area contributed by atoms with Crippen molar-refractivity contribution in [3.63, 3.8) is 0 Å². The molecule has 1 atom stereocenters. The average Bonchev–Trinajstić information content (AvgIpc) is 2.28. The quantitative estimate of drug-likeness (QED) is 0.745. The van der Waals surface area contributed by atoms with Crippen molar-refractivity contribution in [2.75, 3.05) is 6.61 Å². The average molecular weight is 221 g/mol. The second-order valence-electron chi connectivity index (χ2n) is 3.62. The molecule has 3 heteroatoms. The monoisotopic (exact) mass is 221 g/mol. The fraction of sp³-hybridized carbons (Fsp3) is 0.308. The summed E-state index contributed by atoms with van der Waals surface area (Å²) < 4.78 is 4.21. The second-order valence-corrected chi connectivity index (χ2v) is 3.62. The number of hydrogen-bond acceptors (Lipinski definition) is 2. The Kier molecular flexibility index (Phi) is 6.68. The van der Waals surface area contributed by atoms with Crippen LogP contribution in [-0.2, 0) is 4.74 Å². The van der Waals surface area contributed by atoms with E-state index in [1.54, 1.807) is 0 Å². The molecule has 0 fully saturated rings. The normalized spacial score (nSPS) is 21.6. The molecule has 0 bridgehead atoms. The lowest BCUT2D eigenvalue weighted by Gasteiger charge is -2.20. The molecule has 3 nitrogen and oxygen atoms in total. The van der Waals surface area contributed by atoms with Gasteiger partial charge in [-0.1, -0.05) is 50.0 Å². The summed E-state index contributed by atoms with van der Waals surface area (Å²) in [6, 6.07) is 0. The zero-order valence-electron chi connectivity index (χ0n) is 9.69. The minimum atomic E-state index is -0.764. The molecule has 0 aromatic carbocycles. The highest BCUT2D eigenvalue weighted by atomic mass is 16.5. The van der Waals surface area contributed by atoms with Gasteiger partial charge in [-0.05, 0) is 6.42 Å². The fourth-order valence-corrected chi connectivity index (χ4v) is 1.04. The van der Waals surface area contributed by atoms with Gasteiger partial charge in [0.2, 0.25) is 0 Å². The fourth-order valence-electron chi connectivity index (χ4n) is 1.04. The molecule has 0 heterocycles. The summed E-state index contributed by atoms with van der Waals surface area (Å²) in [6.45, 7) is 9.44. The predicted octanol–water partition coefficient (Wildman–Crippen LogP) is 2.96. The third-order valence-corrected chi connectivity index (χ3v) is 2.09. The Morgan fingerprint density at radius 2 is 2.25 bits per heavy atom. The van der Waals surface area contributed by atoms with Crippen LogP contribution < -0.4 is 5.73 Å².